The lowest BCUT2D eigenvalue weighted by molar-refractivity contribution is -0.120. The van der Waals surface area contributed by atoms with Gasteiger partial charge < -0.3 is 19.9 Å². The first-order chi connectivity index (χ1) is 11.5. The minimum absolute atomic E-state index is 0.135. The molecular weight excluding hydrogens is 310 g/mol. The zero-order chi connectivity index (χ0) is 17.5. The number of aromatic carboxylic acids is 1. The lowest BCUT2D eigenvalue weighted by Crippen LogP contribution is -2.24. The first kappa shape index (κ1) is 17.3. The fraction of sp³-hybridized carbons (Fsp3) is 0.222. The molecule has 6 nitrogen and oxygen atoms in total. The van der Waals surface area contributed by atoms with E-state index >= 15 is 0 Å². The van der Waals surface area contributed by atoms with E-state index in [9.17, 15) is 9.59 Å². The van der Waals surface area contributed by atoms with Crippen molar-refractivity contribution in [3.05, 3.63) is 59.2 Å². The maximum absolute atomic E-state index is 12.0. The van der Waals surface area contributed by atoms with Gasteiger partial charge in [0.2, 0.25) is 5.91 Å². The summed E-state index contributed by atoms with van der Waals surface area (Å²) < 4.78 is 10.4. The number of amides is 1. The Morgan fingerprint density at radius 2 is 1.58 bits per heavy atom. The Hall–Kier alpha value is -3.02. The van der Waals surface area contributed by atoms with Crippen LogP contribution in [0.15, 0.2) is 42.5 Å². The van der Waals surface area contributed by atoms with Crippen LogP contribution in [0.1, 0.15) is 21.5 Å². The largest absolute Gasteiger partial charge is 0.493 e. The van der Waals surface area contributed by atoms with Crippen molar-refractivity contribution < 1.29 is 24.2 Å². The van der Waals surface area contributed by atoms with Gasteiger partial charge in [-0.3, -0.25) is 4.79 Å². The summed E-state index contributed by atoms with van der Waals surface area (Å²) in [6, 6.07) is 11.7. The van der Waals surface area contributed by atoms with Crippen LogP contribution in [0.25, 0.3) is 0 Å². The Bertz CT molecular complexity index is 725. The molecule has 0 aliphatic rings. The number of ether oxygens (including phenoxy) is 2. The molecule has 126 valence electrons. The Morgan fingerprint density at radius 3 is 2.17 bits per heavy atom. The third-order valence-electron chi connectivity index (χ3n) is 3.50. The summed E-state index contributed by atoms with van der Waals surface area (Å²) in [5.74, 6) is 0.0795. The monoisotopic (exact) mass is 329 g/mol. The third-order valence-corrected chi connectivity index (χ3v) is 3.50. The van der Waals surface area contributed by atoms with Crippen molar-refractivity contribution in [1.29, 1.82) is 0 Å². The van der Waals surface area contributed by atoms with Crippen molar-refractivity contribution in [3.8, 4) is 11.5 Å². The van der Waals surface area contributed by atoms with Crippen molar-refractivity contribution in [3.63, 3.8) is 0 Å². The molecule has 0 unspecified atom stereocenters. The highest BCUT2D eigenvalue weighted by Crippen LogP contribution is 2.27. The van der Waals surface area contributed by atoms with Crippen LogP contribution < -0.4 is 14.8 Å². The average molecular weight is 329 g/mol. The van der Waals surface area contributed by atoms with Crippen molar-refractivity contribution in [1.82, 2.24) is 5.32 Å². The number of nitrogens with one attached hydrogen (secondary N) is 1. The lowest BCUT2D eigenvalue weighted by atomic mass is 10.1. The van der Waals surface area contributed by atoms with E-state index in [-0.39, 0.29) is 17.9 Å². The first-order valence-corrected chi connectivity index (χ1v) is 7.33. The highest BCUT2D eigenvalue weighted by atomic mass is 16.5. The minimum Gasteiger partial charge on any atom is -0.493 e. The molecule has 0 radical (unpaired) electrons. The molecule has 0 spiro atoms. The van der Waals surface area contributed by atoms with E-state index in [0.717, 1.165) is 11.1 Å². The van der Waals surface area contributed by atoms with Gasteiger partial charge in [-0.05, 0) is 35.4 Å². The van der Waals surface area contributed by atoms with Gasteiger partial charge >= 0.3 is 5.97 Å². The second-order valence-electron chi connectivity index (χ2n) is 5.14. The van der Waals surface area contributed by atoms with Crippen molar-refractivity contribution >= 4 is 11.9 Å². The Balaban J connectivity index is 1.92. The second kappa shape index (κ2) is 8.01. The number of carbonyl (C=O) groups is 2. The van der Waals surface area contributed by atoms with Crippen LogP contribution in [0.5, 0.6) is 11.5 Å². The Labute approximate surface area is 140 Å². The van der Waals surface area contributed by atoms with Gasteiger partial charge in [0.05, 0.1) is 26.2 Å². The molecule has 0 atom stereocenters. The quantitative estimate of drug-likeness (QED) is 0.814. The maximum Gasteiger partial charge on any atom is 0.335 e. The van der Waals surface area contributed by atoms with Gasteiger partial charge in [0.15, 0.2) is 11.5 Å². The van der Waals surface area contributed by atoms with Crippen LogP contribution in [0.2, 0.25) is 0 Å². The van der Waals surface area contributed by atoms with Crippen LogP contribution >= 0.6 is 0 Å². The molecule has 24 heavy (non-hydrogen) atoms. The number of rotatable bonds is 7. The number of carbonyl (C=O) groups excluding carboxylic acids is 1. The minimum atomic E-state index is -0.973. The van der Waals surface area contributed by atoms with E-state index in [1.807, 2.05) is 6.07 Å². The molecule has 0 saturated carbocycles. The molecule has 2 aromatic carbocycles. The summed E-state index contributed by atoms with van der Waals surface area (Å²) in [6.07, 6.45) is 0.216. The summed E-state index contributed by atoms with van der Waals surface area (Å²) >= 11 is 0. The molecule has 0 heterocycles. The molecule has 2 rings (SSSR count). The van der Waals surface area contributed by atoms with Crippen LogP contribution in [-0.2, 0) is 17.8 Å². The number of carboxylic acid groups (broad SMARTS) is 1. The first-order valence-electron chi connectivity index (χ1n) is 7.33. The van der Waals surface area contributed by atoms with Gasteiger partial charge in [-0.15, -0.1) is 0 Å². The summed E-state index contributed by atoms with van der Waals surface area (Å²) in [6.45, 7) is 0.339. The summed E-state index contributed by atoms with van der Waals surface area (Å²) in [5, 5.41) is 11.7. The van der Waals surface area contributed by atoms with Crippen LogP contribution in [0.4, 0.5) is 0 Å². The molecule has 2 N–H and O–H groups in total. The predicted molar refractivity (Wildman–Crippen MR) is 88.5 cm³/mol. The van der Waals surface area contributed by atoms with Gasteiger partial charge in [-0.25, -0.2) is 4.79 Å². The maximum atomic E-state index is 12.0. The highest BCUT2D eigenvalue weighted by Gasteiger charge is 2.08. The molecule has 0 saturated heterocycles. The van der Waals surface area contributed by atoms with E-state index in [2.05, 4.69) is 5.32 Å². The molecule has 0 aliphatic carbocycles. The van der Waals surface area contributed by atoms with E-state index in [1.165, 1.54) is 12.1 Å². The van der Waals surface area contributed by atoms with E-state index in [1.54, 1.807) is 38.5 Å². The highest BCUT2D eigenvalue weighted by molar-refractivity contribution is 5.87. The number of benzene rings is 2. The van der Waals surface area contributed by atoms with E-state index in [0.29, 0.717) is 18.0 Å². The van der Waals surface area contributed by atoms with Crippen molar-refractivity contribution in [2.75, 3.05) is 14.2 Å². The summed E-state index contributed by atoms with van der Waals surface area (Å²) in [4.78, 5) is 22.8. The smallest absolute Gasteiger partial charge is 0.335 e. The summed E-state index contributed by atoms with van der Waals surface area (Å²) in [7, 11) is 3.10. The van der Waals surface area contributed by atoms with Crippen LogP contribution in [-0.4, -0.2) is 31.2 Å². The van der Waals surface area contributed by atoms with Gasteiger partial charge in [0, 0.05) is 6.54 Å². The van der Waals surface area contributed by atoms with Crippen molar-refractivity contribution in [2.24, 2.45) is 0 Å². The zero-order valence-electron chi connectivity index (χ0n) is 13.5. The number of hydrogen-bond acceptors (Lipinski definition) is 4. The van der Waals surface area contributed by atoms with Crippen LogP contribution in [0.3, 0.4) is 0 Å². The van der Waals surface area contributed by atoms with Gasteiger partial charge in [0.25, 0.3) is 0 Å². The van der Waals surface area contributed by atoms with E-state index in [4.69, 9.17) is 14.6 Å². The van der Waals surface area contributed by atoms with Crippen molar-refractivity contribution in [2.45, 2.75) is 13.0 Å². The standard InChI is InChI=1S/C18H19NO5/c1-23-15-8-5-13(9-16(15)24-2)10-17(20)19-11-12-3-6-14(7-4-12)18(21)22/h3-9H,10-11H2,1-2H3,(H,19,20)(H,21,22). The Kier molecular flexibility index (Phi) is 5.78. The third kappa shape index (κ3) is 4.49. The topological polar surface area (TPSA) is 84.9 Å². The van der Waals surface area contributed by atoms with E-state index < -0.39 is 5.97 Å². The summed E-state index contributed by atoms with van der Waals surface area (Å²) in [5.41, 5.74) is 1.86. The normalized spacial score (nSPS) is 10.1. The number of hydrogen-bond donors (Lipinski definition) is 2. The molecule has 0 aliphatic heterocycles. The van der Waals surface area contributed by atoms with Gasteiger partial charge in [-0.2, -0.15) is 0 Å². The molecular formula is C18H19NO5. The molecule has 6 heteroatoms. The molecule has 0 aromatic heterocycles. The SMILES string of the molecule is COc1ccc(CC(=O)NCc2ccc(C(=O)O)cc2)cc1OC. The zero-order valence-corrected chi connectivity index (χ0v) is 13.5. The fourth-order valence-corrected chi connectivity index (χ4v) is 2.20. The molecule has 2 aromatic rings. The van der Waals surface area contributed by atoms with Gasteiger partial charge in [-0.1, -0.05) is 18.2 Å². The number of carboxylic acids is 1. The molecule has 1 amide bonds. The fourth-order valence-electron chi connectivity index (χ4n) is 2.20. The second-order valence-corrected chi connectivity index (χ2v) is 5.14. The molecule has 0 bridgehead atoms. The predicted octanol–water partition coefficient (Wildman–Crippen LogP) is 2.26. The number of methoxy groups -OCH3 is 2. The molecule has 0 fully saturated rings. The Morgan fingerprint density at radius 1 is 0.958 bits per heavy atom. The van der Waals surface area contributed by atoms with Crippen LogP contribution in [0, 0.1) is 0 Å². The lowest BCUT2D eigenvalue weighted by Gasteiger charge is -2.10. The average Bonchev–Trinajstić information content (AvgIpc) is 2.60. The van der Waals surface area contributed by atoms with Gasteiger partial charge in [0.1, 0.15) is 0 Å².